The Labute approximate surface area is 126 Å². The van der Waals surface area contributed by atoms with Crippen LogP contribution in [0.3, 0.4) is 0 Å². The molecule has 0 aliphatic rings. The summed E-state index contributed by atoms with van der Waals surface area (Å²) < 4.78 is 32.6. The highest BCUT2D eigenvalue weighted by atomic mass is 35.5. The Hall–Kier alpha value is -0.860. The van der Waals surface area contributed by atoms with Gasteiger partial charge in [-0.25, -0.2) is 13.1 Å². The van der Waals surface area contributed by atoms with Crippen LogP contribution in [-0.2, 0) is 10.0 Å². The molecule has 5 nitrogen and oxygen atoms in total. The van der Waals surface area contributed by atoms with Crippen LogP contribution in [0.15, 0.2) is 39.2 Å². The third kappa shape index (κ3) is 3.42. The summed E-state index contributed by atoms with van der Waals surface area (Å²) in [5.74, 6) is 0.316. The SMILES string of the molecule is CC(c1ccco1)C(CO)NS(=O)(=O)c1ccc(Cl)s1. The van der Waals surface area contributed by atoms with E-state index in [0.29, 0.717) is 10.1 Å². The quantitative estimate of drug-likeness (QED) is 0.849. The minimum atomic E-state index is -3.70. The fourth-order valence-electron chi connectivity index (χ4n) is 1.75. The van der Waals surface area contributed by atoms with Crippen LogP contribution in [0.2, 0.25) is 4.34 Å². The van der Waals surface area contributed by atoms with E-state index in [1.165, 1.54) is 18.4 Å². The van der Waals surface area contributed by atoms with Crippen molar-refractivity contribution in [2.45, 2.75) is 23.1 Å². The minimum absolute atomic E-state index is 0.118. The molecule has 0 aromatic carbocycles. The molecule has 0 aliphatic heterocycles. The highest BCUT2D eigenvalue weighted by molar-refractivity contribution is 7.91. The van der Waals surface area contributed by atoms with Crippen LogP contribution in [0, 0.1) is 0 Å². The summed E-state index contributed by atoms with van der Waals surface area (Å²) in [4.78, 5) is 0. The van der Waals surface area contributed by atoms with Crippen molar-refractivity contribution in [3.63, 3.8) is 0 Å². The number of furan rings is 1. The molecule has 0 fully saturated rings. The molecule has 2 N–H and O–H groups in total. The largest absolute Gasteiger partial charge is 0.469 e. The second-order valence-corrected chi connectivity index (χ2v) is 7.93. The molecule has 0 amide bonds. The van der Waals surface area contributed by atoms with Gasteiger partial charge in [-0.3, -0.25) is 0 Å². The van der Waals surface area contributed by atoms with E-state index in [9.17, 15) is 13.5 Å². The van der Waals surface area contributed by atoms with Crippen molar-refractivity contribution in [2.75, 3.05) is 6.61 Å². The predicted molar refractivity (Wildman–Crippen MR) is 77.6 cm³/mol. The van der Waals surface area contributed by atoms with Gasteiger partial charge in [-0.2, -0.15) is 0 Å². The first-order chi connectivity index (χ1) is 9.44. The molecule has 0 saturated carbocycles. The number of rotatable bonds is 6. The van der Waals surface area contributed by atoms with E-state index in [-0.39, 0.29) is 16.7 Å². The average molecular weight is 336 g/mol. The van der Waals surface area contributed by atoms with E-state index >= 15 is 0 Å². The normalized spacial score (nSPS) is 15.2. The molecule has 2 heterocycles. The molecule has 2 aromatic heterocycles. The van der Waals surface area contributed by atoms with Crippen LogP contribution in [-0.4, -0.2) is 26.2 Å². The first kappa shape index (κ1) is 15.5. The predicted octanol–water partition coefficient (Wildman–Crippen LogP) is 2.44. The lowest BCUT2D eigenvalue weighted by Gasteiger charge is -2.21. The fraction of sp³-hybridized carbons (Fsp3) is 0.333. The van der Waals surface area contributed by atoms with Gasteiger partial charge in [0.2, 0.25) is 10.0 Å². The minimum Gasteiger partial charge on any atom is -0.469 e. The molecule has 2 unspecified atom stereocenters. The summed E-state index contributed by atoms with van der Waals surface area (Å²) in [6.07, 6.45) is 1.51. The van der Waals surface area contributed by atoms with Crippen LogP contribution < -0.4 is 4.72 Å². The smallest absolute Gasteiger partial charge is 0.250 e. The van der Waals surface area contributed by atoms with Gasteiger partial charge in [-0.05, 0) is 24.3 Å². The van der Waals surface area contributed by atoms with Crippen LogP contribution in [0.5, 0.6) is 0 Å². The van der Waals surface area contributed by atoms with Crippen LogP contribution in [0.25, 0.3) is 0 Å². The standard InChI is InChI=1S/C12H14ClNO4S2/c1-8(10-3-2-6-18-10)9(7-15)14-20(16,17)12-5-4-11(13)19-12/h2-6,8-9,14-15H,7H2,1H3. The topological polar surface area (TPSA) is 79.5 Å². The number of hydrogen-bond donors (Lipinski definition) is 2. The van der Waals surface area contributed by atoms with Crippen LogP contribution >= 0.6 is 22.9 Å². The Morgan fingerprint density at radius 1 is 1.45 bits per heavy atom. The third-order valence-electron chi connectivity index (χ3n) is 2.91. The lowest BCUT2D eigenvalue weighted by Crippen LogP contribution is -2.40. The van der Waals surface area contributed by atoms with Gasteiger partial charge in [0, 0.05) is 5.92 Å². The number of aliphatic hydroxyl groups is 1. The first-order valence-corrected chi connectivity index (χ1v) is 8.53. The zero-order valence-electron chi connectivity index (χ0n) is 10.6. The lowest BCUT2D eigenvalue weighted by atomic mass is 10.0. The molecule has 2 aromatic rings. The van der Waals surface area contributed by atoms with Gasteiger partial charge in [-0.1, -0.05) is 18.5 Å². The molecule has 0 radical (unpaired) electrons. The van der Waals surface area contributed by atoms with Gasteiger partial charge in [-0.15, -0.1) is 11.3 Å². The molecule has 20 heavy (non-hydrogen) atoms. The van der Waals surface area contributed by atoms with Crippen LogP contribution in [0.1, 0.15) is 18.6 Å². The maximum atomic E-state index is 12.2. The van der Waals surface area contributed by atoms with Gasteiger partial charge < -0.3 is 9.52 Å². The molecular formula is C12H14ClNO4S2. The Bertz CT molecular complexity index is 651. The van der Waals surface area contributed by atoms with Gasteiger partial charge in [0.15, 0.2) is 0 Å². The summed E-state index contributed by atoms with van der Waals surface area (Å²) >= 11 is 6.71. The van der Waals surface area contributed by atoms with Crippen molar-refractivity contribution in [1.29, 1.82) is 0 Å². The number of thiophene rings is 1. The van der Waals surface area contributed by atoms with E-state index in [0.717, 1.165) is 11.3 Å². The second-order valence-electron chi connectivity index (χ2n) is 4.27. The number of sulfonamides is 1. The molecule has 8 heteroatoms. The molecule has 110 valence electrons. The molecule has 2 atom stereocenters. The lowest BCUT2D eigenvalue weighted by molar-refractivity contribution is 0.234. The molecular weight excluding hydrogens is 322 g/mol. The number of hydrogen-bond acceptors (Lipinski definition) is 5. The van der Waals surface area contributed by atoms with Crippen LogP contribution in [0.4, 0.5) is 0 Å². The number of nitrogens with one attached hydrogen (secondary N) is 1. The van der Waals surface area contributed by atoms with Crippen molar-refractivity contribution in [3.8, 4) is 0 Å². The second kappa shape index (κ2) is 6.28. The van der Waals surface area contributed by atoms with E-state index in [1.54, 1.807) is 19.1 Å². The number of aliphatic hydroxyl groups excluding tert-OH is 1. The molecule has 0 saturated heterocycles. The Balaban J connectivity index is 2.18. The summed E-state index contributed by atoms with van der Waals surface area (Å²) in [7, 11) is -3.70. The van der Waals surface area contributed by atoms with Gasteiger partial charge in [0.1, 0.15) is 9.97 Å². The Kier molecular flexibility index (Phi) is 4.87. The Morgan fingerprint density at radius 2 is 2.20 bits per heavy atom. The first-order valence-electron chi connectivity index (χ1n) is 5.86. The fourth-order valence-corrected chi connectivity index (χ4v) is 4.55. The van der Waals surface area contributed by atoms with E-state index in [4.69, 9.17) is 16.0 Å². The van der Waals surface area contributed by atoms with Crippen molar-refractivity contribution >= 4 is 33.0 Å². The summed E-state index contributed by atoms with van der Waals surface area (Å²) in [5, 5.41) is 9.42. The van der Waals surface area contributed by atoms with E-state index < -0.39 is 16.1 Å². The molecule has 0 spiro atoms. The average Bonchev–Trinajstić information content (AvgIpc) is 3.06. The maximum Gasteiger partial charge on any atom is 0.250 e. The van der Waals surface area contributed by atoms with Crippen molar-refractivity contribution in [2.24, 2.45) is 0 Å². The van der Waals surface area contributed by atoms with Crippen molar-refractivity contribution in [1.82, 2.24) is 4.72 Å². The van der Waals surface area contributed by atoms with Gasteiger partial charge in [0.05, 0.1) is 23.2 Å². The maximum absolute atomic E-state index is 12.2. The highest BCUT2D eigenvalue weighted by Gasteiger charge is 2.27. The summed E-state index contributed by atoms with van der Waals surface area (Å²) in [6.45, 7) is 1.45. The zero-order chi connectivity index (χ0) is 14.8. The zero-order valence-corrected chi connectivity index (χ0v) is 13.0. The van der Waals surface area contributed by atoms with Crippen molar-refractivity contribution < 1.29 is 17.9 Å². The monoisotopic (exact) mass is 335 g/mol. The summed E-state index contributed by atoms with van der Waals surface area (Å²) in [5.41, 5.74) is 0. The molecule has 2 rings (SSSR count). The summed E-state index contributed by atoms with van der Waals surface area (Å²) in [6, 6.07) is 5.73. The van der Waals surface area contributed by atoms with E-state index in [2.05, 4.69) is 4.72 Å². The third-order valence-corrected chi connectivity index (χ3v) is 6.13. The van der Waals surface area contributed by atoms with Gasteiger partial charge >= 0.3 is 0 Å². The van der Waals surface area contributed by atoms with Gasteiger partial charge in [0.25, 0.3) is 0 Å². The molecule has 0 bridgehead atoms. The highest BCUT2D eigenvalue weighted by Crippen LogP contribution is 2.27. The molecule has 0 aliphatic carbocycles. The number of halogens is 1. The Morgan fingerprint density at radius 3 is 2.70 bits per heavy atom. The van der Waals surface area contributed by atoms with Crippen molar-refractivity contribution in [3.05, 3.63) is 40.6 Å². The van der Waals surface area contributed by atoms with E-state index in [1.807, 2.05) is 0 Å².